The summed E-state index contributed by atoms with van der Waals surface area (Å²) in [4.78, 5) is 22.2. The van der Waals surface area contributed by atoms with Gasteiger partial charge in [0.2, 0.25) is 5.91 Å². The number of carbonyl (C=O) groups excluding carboxylic acids is 2. The SMILES string of the molecule is CC(=O)Nc1ccc(O)cc1OC[C@](C)(CBr)OC(C)=O. The number of benzene rings is 1. The Balaban J connectivity index is 2.88. The van der Waals surface area contributed by atoms with Crippen molar-refractivity contribution in [3.8, 4) is 11.5 Å². The van der Waals surface area contributed by atoms with Crippen LogP contribution in [0.1, 0.15) is 20.8 Å². The summed E-state index contributed by atoms with van der Waals surface area (Å²) < 4.78 is 10.8. The normalized spacial score (nSPS) is 13.1. The van der Waals surface area contributed by atoms with Gasteiger partial charge in [0, 0.05) is 25.2 Å². The van der Waals surface area contributed by atoms with Crippen molar-refractivity contribution in [1.29, 1.82) is 0 Å². The molecule has 21 heavy (non-hydrogen) atoms. The molecule has 6 nitrogen and oxygen atoms in total. The van der Waals surface area contributed by atoms with Crippen LogP contribution in [0, 0.1) is 0 Å². The fourth-order valence-electron chi connectivity index (χ4n) is 1.60. The van der Waals surface area contributed by atoms with Crippen LogP contribution in [-0.4, -0.2) is 34.5 Å². The number of anilines is 1. The predicted octanol–water partition coefficient (Wildman–Crippen LogP) is 2.45. The first kappa shape index (κ1) is 17.3. The smallest absolute Gasteiger partial charge is 0.303 e. The molecule has 0 aromatic heterocycles. The molecule has 1 atom stereocenters. The number of alkyl halides is 1. The van der Waals surface area contributed by atoms with E-state index in [2.05, 4.69) is 21.2 Å². The number of aromatic hydroxyl groups is 1. The lowest BCUT2D eigenvalue weighted by Crippen LogP contribution is -2.39. The summed E-state index contributed by atoms with van der Waals surface area (Å²) >= 11 is 3.27. The van der Waals surface area contributed by atoms with E-state index < -0.39 is 11.6 Å². The average molecular weight is 360 g/mol. The molecule has 2 N–H and O–H groups in total. The van der Waals surface area contributed by atoms with Crippen LogP contribution in [-0.2, 0) is 14.3 Å². The van der Waals surface area contributed by atoms with Crippen LogP contribution in [0.3, 0.4) is 0 Å². The van der Waals surface area contributed by atoms with Crippen molar-refractivity contribution in [3.63, 3.8) is 0 Å². The summed E-state index contributed by atoms with van der Waals surface area (Å²) in [6.07, 6.45) is 0. The van der Waals surface area contributed by atoms with E-state index in [-0.39, 0.29) is 18.3 Å². The number of phenols is 1. The third kappa shape index (κ3) is 5.63. The molecule has 0 bridgehead atoms. The zero-order valence-corrected chi connectivity index (χ0v) is 13.7. The van der Waals surface area contributed by atoms with Gasteiger partial charge in [-0.05, 0) is 19.1 Å². The Labute approximate surface area is 131 Å². The van der Waals surface area contributed by atoms with Crippen molar-refractivity contribution < 1.29 is 24.2 Å². The van der Waals surface area contributed by atoms with Gasteiger partial charge in [-0.1, -0.05) is 15.9 Å². The Morgan fingerprint density at radius 3 is 2.57 bits per heavy atom. The highest BCUT2D eigenvalue weighted by Gasteiger charge is 2.28. The largest absolute Gasteiger partial charge is 0.508 e. The van der Waals surface area contributed by atoms with Crippen molar-refractivity contribution in [2.45, 2.75) is 26.4 Å². The molecule has 0 aliphatic heterocycles. The average Bonchev–Trinajstić information content (AvgIpc) is 2.38. The molecule has 1 rings (SSSR count). The lowest BCUT2D eigenvalue weighted by Gasteiger charge is -2.27. The van der Waals surface area contributed by atoms with E-state index in [0.717, 1.165) is 0 Å². The number of halogens is 1. The number of hydrogen-bond acceptors (Lipinski definition) is 5. The molecule has 0 saturated carbocycles. The second-order valence-corrected chi connectivity index (χ2v) is 5.39. The van der Waals surface area contributed by atoms with Gasteiger partial charge >= 0.3 is 5.97 Å². The lowest BCUT2D eigenvalue weighted by atomic mass is 10.1. The molecule has 0 radical (unpaired) electrons. The molecule has 0 aliphatic rings. The van der Waals surface area contributed by atoms with Crippen LogP contribution in [0.4, 0.5) is 5.69 Å². The molecule has 0 unspecified atom stereocenters. The van der Waals surface area contributed by atoms with Crippen molar-refractivity contribution in [2.75, 3.05) is 17.3 Å². The van der Waals surface area contributed by atoms with Gasteiger partial charge in [-0.15, -0.1) is 0 Å². The number of ether oxygens (including phenoxy) is 2. The van der Waals surface area contributed by atoms with E-state index in [1.807, 2.05) is 0 Å². The fourth-order valence-corrected chi connectivity index (χ4v) is 1.87. The third-order valence-electron chi connectivity index (χ3n) is 2.48. The second-order valence-electron chi connectivity index (χ2n) is 4.83. The highest BCUT2D eigenvalue weighted by molar-refractivity contribution is 9.09. The third-order valence-corrected chi connectivity index (χ3v) is 3.67. The van der Waals surface area contributed by atoms with Gasteiger partial charge in [0.15, 0.2) is 5.60 Å². The van der Waals surface area contributed by atoms with Gasteiger partial charge in [0.05, 0.1) is 5.69 Å². The Kier molecular flexibility index (Phi) is 6.02. The van der Waals surface area contributed by atoms with Gasteiger partial charge in [0.25, 0.3) is 0 Å². The molecule has 0 fully saturated rings. The zero-order chi connectivity index (χ0) is 16.0. The fraction of sp³-hybridized carbons (Fsp3) is 0.429. The summed E-state index contributed by atoms with van der Waals surface area (Å²) in [5.74, 6) is -0.371. The molecule has 116 valence electrons. The second kappa shape index (κ2) is 7.31. The first-order valence-electron chi connectivity index (χ1n) is 6.25. The molecular weight excluding hydrogens is 342 g/mol. The number of esters is 1. The van der Waals surface area contributed by atoms with Gasteiger partial charge in [-0.25, -0.2) is 0 Å². The molecule has 0 spiro atoms. The minimum Gasteiger partial charge on any atom is -0.508 e. The van der Waals surface area contributed by atoms with Gasteiger partial charge in [-0.2, -0.15) is 0 Å². The Morgan fingerprint density at radius 2 is 2.05 bits per heavy atom. The maximum Gasteiger partial charge on any atom is 0.303 e. The standard InChI is InChI=1S/C14H18BrNO5/c1-9(17)16-12-5-4-11(19)6-13(12)20-8-14(3,7-15)21-10(2)18/h4-6,19H,7-8H2,1-3H3,(H,16,17)/t14-/m0/s1. The Morgan fingerprint density at radius 1 is 1.38 bits per heavy atom. The first-order chi connectivity index (χ1) is 9.75. The van der Waals surface area contributed by atoms with Crippen molar-refractivity contribution in [1.82, 2.24) is 0 Å². The predicted molar refractivity (Wildman–Crippen MR) is 81.9 cm³/mol. The van der Waals surface area contributed by atoms with E-state index in [4.69, 9.17) is 9.47 Å². The molecule has 1 aromatic rings. The molecule has 0 saturated heterocycles. The zero-order valence-electron chi connectivity index (χ0n) is 12.1. The molecular formula is C14H18BrNO5. The van der Waals surface area contributed by atoms with E-state index in [9.17, 15) is 14.7 Å². The maximum absolute atomic E-state index is 11.1. The molecule has 0 heterocycles. The molecule has 1 aromatic carbocycles. The quantitative estimate of drug-likeness (QED) is 0.463. The number of carbonyl (C=O) groups is 2. The van der Waals surface area contributed by atoms with Crippen molar-refractivity contribution in [2.24, 2.45) is 0 Å². The monoisotopic (exact) mass is 359 g/mol. The summed E-state index contributed by atoms with van der Waals surface area (Å²) in [7, 11) is 0. The summed E-state index contributed by atoms with van der Waals surface area (Å²) in [6.45, 7) is 4.47. The summed E-state index contributed by atoms with van der Waals surface area (Å²) in [5.41, 5.74) is -0.426. The molecule has 0 aliphatic carbocycles. The minimum absolute atomic E-state index is 0.00661. The molecule has 7 heteroatoms. The summed E-state index contributed by atoms with van der Waals surface area (Å²) in [5, 5.41) is 12.5. The van der Waals surface area contributed by atoms with Crippen LogP contribution >= 0.6 is 15.9 Å². The van der Waals surface area contributed by atoms with Crippen LogP contribution < -0.4 is 10.1 Å². The van der Waals surface area contributed by atoms with Crippen molar-refractivity contribution >= 4 is 33.5 Å². The topological polar surface area (TPSA) is 84.9 Å². The Hall–Kier alpha value is -1.76. The number of rotatable bonds is 6. The first-order valence-corrected chi connectivity index (χ1v) is 7.37. The minimum atomic E-state index is -0.856. The van der Waals surface area contributed by atoms with E-state index in [1.165, 1.54) is 32.0 Å². The maximum atomic E-state index is 11.1. The van der Waals surface area contributed by atoms with E-state index in [0.29, 0.717) is 16.8 Å². The number of amides is 1. The van der Waals surface area contributed by atoms with E-state index >= 15 is 0 Å². The van der Waals surface area contributed by atoms with E-state index in [1.54, 1.807) is 6.92 Å². The summed E-state index contributed by atoms with van der Waals surface area (Å²) in [6, 6.07) is 4.35. The van der Waals surface area contributed by atoms with Crippen LogP contribution in [0.2, 0.25) is 0 Å². The molecule has 1 amide bonds. The van der Waals surface area contributed by atoms with Gasteiger partial charge in [-0.3, -0.25) is 9.59 Å². The van der Waals surface area contributed by atoms with Gasteiger partial charge in [0.1, 0.15) is 18.1 Å². The van der Waals surface area contributed by atoms with Gasteiger partial charge < -0.3 is 19.9 Å². The Bertz CT molecular complexity index is 534. The van der Waals surface area contributed by atoms with Crippen LogP contribution in [0.15, 0.2) is 18.2 Å². The lowest BCUT2D eigenvalue weighted by molar-refractivity contribution is -0.155. The van der Waals surface area contributed by atoms with Crippen molar-refractivity contribution in [3.05, 3.63) is 18.2 Å². The number of hydrogen-bond donors (Lipinski definition) is 2. The highest BCUT2D eigenvalue weighted by Crippen LogP contribution is 2.30. The highest BCUT2D eigenvalue weighted by atomic mass is 79.9. The number of nitrogens with one attached hydrogen (secondary N) is 1. The van der Waals surface area contributed by atoms with Crippen LogP contribution in [0.5, 0.6) is 11.5 Å². The van der Waals surface area contributed by atoms with Crippen LogP contribution in [0.25, 0.3) is 0 Å². The number of phenolic OH excluding ortho intramolecular Hbond substituents is 1.